The number of fused-ring (bicyclic) bond motifs is 1. The SMILES string of the molecule is COc1c(C)cnc2c1CCCCC2OC(C)=O. The van der Waals surface area contributed by atoms with E-state index in [9.17, 15) is 4.79 Å². The number of carbonyl (C=O) groups excluding carboxylic acids is 1. The fourth-order valence-electron chi connectivity index (χ4n) is 2.54. The molecule has 1 atom stereocenters. The van der Waals surface area contributed by atoms with E-state index >= 15 is 0 Å². The molecular weight excluding hydrogens is 230 g/mol. The van der Waals surface area contributed by atoms with Crippen molar-refractivity contribution in [2.24, 2.45) is 0 Å². The van der Waals surface area contributed by atoms with Crippen molar-refractivity contribution in [1.29, 1.82) is 0 Å². The molecule has 0 saturated heterocycles. The van der Waals surface area contributed by atoms with E-state index < -0.39 is 0 Å². The van der Waals surface area contributed by atoms with Gasteiger partial charge in [-0.15, -0.1) is 0 Å². The predicted molar refractivity (Wildman–Crippen MR) is 67.6 cm³/mol. The summed E-state index contributed by atoms with van der Waals surface area (Å²) in [6.07, 6.45) is 5.45. The van der Waals surface area contributed by atoms with E-state index in [4.69, 9.17) is 9.47 Å². The lowest BCUT2D eigenvalue weighted by atomic mass is 10.0. The van der Waals surface area contributed by atoms with E-state index in [-0.39, 0.29) is 12.1 Å². The topological polar surface area (TPSA) is 48.4 Å². The van der Waals surface area contributed by atoms with E-state index in [2.05, 4.69) is 4.98 Å². The summed E-state index contributed by atoms with van der Waals surface area (Å²) < 4.78 is 10.9. The van der Waals surface area contributed by atoms with Crippen LogP contribution in [0, 0.1) is 6.92 Å². The summed E-state index contributed by atoms with van der Waals surface area (Å²) in [5.41, 5.74) is 2.99. The van der Waals surface area contributed by atoms with Crippen molar-refractivity contribution < 1.29 is 14.3 Å². The number of rotatable bonds is 2. The summed E-state index contributed by atoms with van der Waals surface area (Å²) >= 11 is 0. The number of methoxy groups -OCH3 is 1. The molecule has 98 valence electrons. The van der Waals surface area contributed by atoms with Gasteiger partial charge < -0.3 is 9.47 Å². The molecule has 0 radical (unpaired) electrons. The lowest BCUT2D eigenvalue weighted by molar-refractivity contribution is -0.147. The summed E-state index contributed by atoms with van der Waals surface area (Å²) in [5, 5.41) is 0. The van der Waals surface area contributed by atoms with Crippen LogP contribution in [0.25, 0.3) is 0 Å². The highest BCUT2D eigenvalue weighted by Gasteiger charge is 2.25. The van der Waals surface area contributed by atoms with Gasteiger partial charge in [0.15, 0.2) is 0 Å². The molecule has 0 bridgehead atoms. The number of aromatic nitrogens is 1. The zero-order chi connectivity index (χ0) is 13.1. The quantitative estimate of drug-likeness (QED) is 0.597. The second-order valence-corrected chi connectivity index (χ2v) is 4.68. The minimum atomic E-state index is -0.255. The number of pyridine rings is 1. The summed E-state index contributed by atoms with van der Waals surface area (Å²) in [4.78, 5) is 15.6. The van der Waals surface area contributed by atoms with Crippen molar-refractivity contribution >= 4 is 5.97 Å². The molecule has 0 spiro atoms. The molecule has 1 aliphatic rings. The molecule has 1 unspecified atom stereocenters. The summed E-state index contributed by atoms with van der Waals surface area (Å²) in [6.45, 7) is 3.42. The number of nitrogens with zero attached hydrogens (tertiary/aromatic N) is 1. The van der Waals surface area contributed by atoms with E-state index in [0.717, 1.165) is 48.3 Å². The maximum Gasteiger partial charge on any atom is 0.303 e. The Bertz CT molecular complexity index is 457. The minimum Gasteiger partial charge on any atom is -0.496 e. The highest BCUT2D eigenvalue weighted by molar-refractivity contribution is 5.66. The van der Waals surface area contributed by atoms with Gasteiger partial charge in [0.2, 0.25) is 0 Å². The second-order valence-electron chi connectivity index (χ2n) is 4.68. The lowest BCUT2D eigenvalue weighted by Gasteiger charge is -2.19. The van der Waals surface area contributed by atoms with Gasteiger partial charge in [0, 0.05) is 24.2 Å². The number of aryl methyl sites for hydroxylation is 1. The highest BCUT2D eigenvalue weighted by atomic mass is 16.5. The molecule has 4 nitrogen and oxygen atoms in total. The van der Waals surface area contributed by atoms with E-state index in [1.807, 2.05) is 6.92 Å². The largest absolute Gasteiger partial charge is 0.496 e. The van der Waals surface area contributed by atoms with Crippen LogP contribution in [-0.4, -0.2) is 18.1 Å². The molecule has 18 heavy (non-hydrogen) atoms. The first-order valence-electron chi connectivity index (χ1n) is 6.33. The third kappa shape index (κ3) is 2.47. The molecule has 4 heteroatoms. The van der Waals surface area contributed by atoms with Crippen LogP contribution in [0.3, 0.4) is 0 Å². The number of hydrogen-bond acceptors (Lipinski definition) is 4. The van der Waals surface area contributed by atoms with Crippen molar-refractivity contribution in [3.05, 3.63) is 23.0 Å². The smallest absolute Gasteiger partial charge is 0.303 e. The third-order valence-electron chi connectivity index (χ3n) is 3.30. The molecule has 0 aromatic carbocycles. The van der Waals surface area contributed by atoms with Crippen LogP contribution in [-0.2, 0) is 16.0 Å². The van der Waals surface area contributed by atoms with E-state index in [0.29, 0.717) is 0 Å². The Morgan fingerprint density at radius 3 is 2.89 bits per heavy atom. The standard InChI is InChI=1S/C14H19NO3/c1-9-8-15-13-11(14(9)17-3)6-4-5-7-12(13)18-10(2)16/h8,12H,4-7H2,1-3H3. The van der Waals surface area contributed by atoms with Crippen LogP contribution < -0.4 is 4.74 Å². The number of ether oxygens (including phenoxy) is 2. The van der Waals surface area contributed by atoms with Crippen molar-refractivity contribution in [3.63, 3.8) is 0 Å². The minimum absolute atomic E-state index is 0.227. The van der Waals surface area contributed by atoms with Gasteiger partial charge in [-0.05, 0) is 32.6 Å². The van der Waals surface area contributed by atoms with Crippen LogP contribution in [0.15, 0.2) is 6.20 Å². The average Bonchev–Trinajstić information content (AvgIpc) is 2.51. The van der Waals surface area contributed by atoms with Gasteiger partial charge in [0.1, 0.15) is 11.9 Å². The normalized spacial score (nSPS) is 18.7. The molecule has 0 fully saturated rings. The Morgan fingerprint density at radius 2 is 2.22 bits per heavy atom. The molecule has 0 amide bonds. The molecule has 0 saturated carbocycles. The van der Waals surface area contributed by atoms with Gasteiger partial charge >= 0.3 is 5.97 Å². The Morgan fingerprint density at radius 1 is 1.44 bits per heavy atom. The zero-order valence-electron chi connectivity index (χ0n) is 11.2. The van der Waals surface area contributed by atoms with E-state index in [1.54, 1.807) is 13.3 Å². The van der Waals surface area contributed by atoms with Crippen LogP contribution in [0.2, 0.25) is 0 Å². The van der Waals surface area contributed by atoms with Gasteiger partial charge in [-0.1, -0.05) is 0 Å². The highest BCUT2D eigenvalue weighted by Crippen LogP contribution is 2.36. The van der Waals surface area contributed by atoms with Crippen molar-refractivity contribution in [1.82, 2.24) is 4.98 Å². The Kier molecular flexibility index (Phi) is 3.84. The monoisotopic (exact) mass is 249 g/mol. The Hall–Kier alpha value is -1.58. The van der Waals surface area contributed by atoms with Crippen LogP contribution in [0.4, 0.5) is 0 Å². The van der Waals surface area contributed by atoms with Crippen LogP contribution in [0.5, 0.6) is 5.75 Å². The molecule has 1 aliphatic carbocycles. The zero-order valence-corrected chi connectivity index (χ0v) is 11.2. The van der Waals surface area contributed by atoms with Crippen molar-refractivity contribution in [2.75, 3.05) is 7.11 Å². The summed E-state index contributed by atoms with van der Waals surface area (Å²) in [6, 6.07) is 0. The first-order valence-corrected chi connectivity index (χ1v) is 6.33. The van der Waals surface area contributed by atoms with Gasteiger partial charge in [0.25, 0.3) is 0 Å². The molecule has 1 heterocycles. The van der Waals surface area contributed by atoms with E-state index in [1.165, 1.54) is 6.92 Å². The van der Waals surface area contributed by atoms with Gasteiger partial charge in [-0.3, -0.25) is 9.78 Å². The average molecular weight is 249 g/mol. The number of esters is 1. The first kappa shape index (κ1) is 12.9. The van der Waals surface area contributed by atoms with Crippen LogP contribution >= 0.6 is 0 Å². The lowest BCUT2D eigenvalue weighted by Crippen LogP contribution is -2.12. The van der Waals surface area contributed by atoms with Gasteiger partial charge in [-0.2, -0.15) is 0 Å². The molecule has 0 N–H and O–H groups in total. The maximum absolute atomic E-state index is 11.2. The number of carbonyl (C=O) groups is 1. The maximum atomic E-state index is 11.2. The molecule has 1 aromatic heterocycles. The summed E-state index contributed by atoms with van der Waals surface area (Å²) in [7, 11) is 1.67. The molecule has 0 aliphatic heterocycles. The molecule has 1 aromatic rings. The van der Waals surface area contributed by atoms with Crippen molar-refractivity contribution in [2.45, 2.75) is 45.6 Å². The Balaban J connectivity index is 2.45. The fraction of sp³-hybridized carbons (Fsp3) is 0.571. The third-order valence-corrected chi connectivity index (χ3v) is 3.30. The van der Waals surface area contributed by atoms with Gasteiger partial charge in [-0.25, -0.2) is 0 Å². The second kappa shape index (κ2) is 5.38. The molecular formula is C14H19NO3. The Labute approximate surface area is 107 Å². The van der Waals surface area contributed by atoms with Gasteiger partial charge in [0.05, 0.1) is 12.8 Å². The fourth-order valence-corrected chi connectivity index (χ4v) is 2.54. The van der Waals surface area contributed by atoms with Crippen LogP contribution in [0.1, 0.15) is 49.1 Å². The van der Waals surface area contributed by atoms with Crippen molar-refractivity contribution in [3.8, 4) is 5.75 Å². The summed E-state index contributed by atoms with van der Waals surface area (Å²) in [5.74, 6) is 0.633. The predicted octanol–water partition coefficient (Wildman–Crippen LogP) is 2.73. The first-order chi connectivity index (χ1) is 8.63. The number of hydrogen-bond donors (Lipinski definition) is 0. The molecule has 2 rings (SSSR count).